The highest BCUT2D eigenvalue weighted by Gasteiger charge is 2.32. The number of carbonyl (C=O) groups is 1. The Morgan fingerprint density at radius 1 is 1.33 bits per heavy atom. The van der Waals surface area contributed by atoms with Gasteiger partial charge in [-0.05, 0) is 31.0 Å². The Balaban J connectivity index is 2.51. The molecule has 0 aliphatic carbocycles. The van der Waals surface area contributed by atoms with Gasteiger partial charge in [0, 0.05) is 25.9 Å². The molecule has 0 bridgehead atoms. The number of methoxy groups -OCH3 is 1. The van der Waals surface area contributed by atoms with E-state index in [1.165, 1.54) is 19.1 Å². The topological polar surface area (TPSA) is 50.4 Å². The van der Waals surface area contributed by atoms with Crippen molar-refractivity contribution < 1.29 is 22.7 Å². The molecule has 1 amide bonds. The normalized spacial score (nSPS) is 11.3. The SMILES string of the molecule is COCCCNC(=O)CNc1ccc(C)c(C(F)(F)F)c1. The lowest BCUT2D eigenvalue weighted by Gasteiger charge is -2.13. The number of anilines is 1. The smallest absolute Gasteiger partial charge is 0.385 e. The van der Waals surface area contributed by atoms with E-state index < -0.39 is 11.7 Å². The Kier molecular flexibility index (Phi) is 6.48. The van der Waals surface area contributed by atoms with Gasteiger partial charge in [0.1, 0.15) is 0 Å². The highest BCUT2D eigenvalue weighted by atomic mass is 19.4. The number of alkyl halides is 3. The van der Waals surface area contributed by atoms with Crippen LogP contribution in [-0.4, -0.2) is 32.7 Å². The van der Waals surface area contributed by atoms with E-state index in [0.29, 0.717) is 19.6 Å². The van der Waals surface area contributed by atoms with Crippen molar-refractivity contribution in [1.82, 2.24) is 5.32 Å². The molecule has 0 heterocycles. The van der Waals surface area contributed by atoms with E-state index in [-0.39, 0.29) is 23.7 Å². The van der Waals surface area contributed by atoms with Gasteiger partial charge in [-0.1, -0.05) is 6.07 Å². The predicted octanol–water partition coefficient (Wildman–Crippen LogP) is 2.58. The summed E-state index contributed by atoms with van der Waals surface area (Å²) in [6.07, 6.45) is -3.71. The minimum absolute atomic E-state index is 0.0761. The second-order valence-electron chi connectivity index (χ2n) is 4.58. The molecule has 1 aromatic carbocycles. The van der Waals surface area contributed by atoms with Crippen molar-refractivity contribution in [2.24, 2.45) is 0 Å². The Bertz CT molecular complexity index is 476. The molecule has 1 rings (SSSR count). The molecule has 0 unspecified atom stereocenters. The fourth-order valence-electron chi connectivity index (χ4n) is 1.73. The van der Waals surface area contributed by atoms with Gasteiger partial charge in [0.25, 0.3) is 0 Å². The summed E-state index contributed by atoms with van der Waals surface area (Å²) in [6.45, 7) is 2.33. The predicted molar refractivity (Wildman–Crippen MR) is 74.2 cm³/mol. The van der Waals surface area contributed by atoms with Crippen LogP contribution in [0.25, 0.3) is 0 Å². The van der Waals surface area contributed by atoms with Crippen LogP contribution in [-0.2, 0) is 15.7 Å². The maximum absolute atomic E-state index is 12.7. The molecule has 0 atom stereocenters. The number of aryl methyl sites for hydroxylation is 1. The third kappa shape index (κ3) is 6.03. The Morgan fingerprint density at radius 3 is 2.67 bits per heavy atom. The molecule has 21 heavy (non-hydrogen) atoms. The lowest BCUT2D eigenvalue weighted by atomic mass is 10.1. The molecule has 0 saturated carbocycles. The van der Waals surface area contributed by atoms with E-state index >= 15 is 0 Å². The van der Waals surface area contributed by atoms with Crippen LogP contribution in [0.2, 0.25) is 0 Å². The van der Waals surface area contributed by atoms with Gasteiger partial charge < -0.3 is 15.4 Å². The van der Waals surface area contributed by atoms with Gasteiger partial charge >= 0.3 is 6.18 Å². The van der Waals surface area contributed by atoms with Gasteiger partial charge in [0.15, 0.2) is 0 Å². The lowest BCUT2D eigenvalue weighted by Crippen LogP contribution is -2.31. The summed E-state index contributed by atoms with van der Waals surface area (Å²) in [6, 6.07) is 3.90. The quantitative estimate of drug-likeness (QED) is 0.761. The maximum atomic E-state index is 12.7. The first-order valence-electron chi connectivity index (χ1n) is 6.52. The molecule has 0 aliphatic heterocycles. The molecular weight excluding hydrogens is 285 g/mol. The summed E-state index contributed by atoms with van der Waals surface area (Å²) in [7, 11) is 1.57. The maximum Gasteiger partial charge on any atom is 0.416 e. The van der Waals surface area contributed by atoms with Crippen LogP contribution in [0.15, 0.2) is 18.2 Å². The molecule has 0 aromatic heterocycles. The molecule has 7 heteroatoms. The molecule has 0 fully saturated rings. The number of ether oxygens (including phenoxy) is 1. The van der Waals surface area contributed by atoms with Crippen LogP contribution in [0, 0.1) is 6.92 Å². The van der Waals surface area contributed by atoms with E-state index in [2.05, 4.69) is 10.6 Å². The molecule has 4 nitrogen and oxygen atoms in total. The largest absolute Gasteiger partial charge is 0.416 e. The first kappa shape index (κ1) is 17.3. The van der Waals surface area contributed by atoms with Crippen LogP contribution in [0.1, 0.15) is 17.5 Å². The third-order valence-electron chi connectivity index (χ3n) is 2.84. The minimum Gasteiger partial charge on any atom is -0.385 e. The molecule has 0 radical (unpaired) electrons. The van der Waals surface area contributed by atoms with Crippen molar-refractivity contribution in [3.8, 4) is 0 Å². The molecule has 2 N–H and O–H groups in total. The van der Waals surface area contributed by atoms with Gasteiger partial charge in [0.2, 0.25) is 5.91 Å². The standard InChI is InChI=1S/C14H19F3N2O2/c1-10-4-5-11(8-12(10)14(15,16)17)19-9-13(20)18-6-3-7-21-2/h4-5,8,19H,3,6-7,9H2,1-2H3,(H,18,20). The van der Waals surface area contributed by atoms with E-state index in [9.17, 15) is 18.0 Å². The fourth-order valence-corrected chi connectivity index (χ4v) is 1.73. The van der Waals surface area contributed by atoms with Crippen molar-refractivity contribution in [3.05, 3.63) is 29.3 Å². The lowest BCUT2D eigenvalue weighted by molar-refractivity contribution is -0.138. The van der Waals surface area contributed by atoms with Gasteiger partial charge in [-0.15, -0.1) is 0 Å². The number of hydrogen-bond donors (Lipinski definition) is 2. The highest BCUT2D eigenvalue weighted by Crippen LogP contribution is 2.33. The van der Waals surface area contributed by atoms with Crippen molar-refractivity contribution >= 4 is 11.6 Å². The van der Waals surface area contributed by atoms with Gasteiger partial charge in [0.05, 0.1) is 12.1 Å². The number of amides is 1. The van der Waals surface area contributed by atoms with Gasteiger partial charge in [-0.3, -0.25) is 4.79 Å². The van der Waals surface area contributed by atoms with Gasteiger partial charge in [-0.25, -0.2) is 0 Å². The average molecular weight is 304 g/mol. The molecule has 1 aromatic rings. The van der Waals surface area contributed by atoms with E-state index in [0.717, 1.165) is 6.07 Å². The van der Waals surface area contributed by atoms with E-state index in [1.54, 1.807) is 7.11 Å². The summed E-state index contributed by atoms with van der Waals surface area (Å²) in [4.78, 5) is 11.5. The summed E-state index contributed by atoms with van der Waals surface area (Å²) in [5.41, 5.74) is -0.287. The molecule has 118 valence electrons. The summed E-state index contributed by atoms with van der Waals surface area (Å²) < 4.78 is 43.1. The monoisotopic (exact) mass is 304 g/mol. The van der Waals surface area contributed by atoms with Crippen LogP contribution in [0.3, 0.4) is 0 Å². The van der Waals surface area contributed by atoms with Crippen LogP contribution in [0.5, 0.6) is 0 Å². The van der Waals surface area contributed by atoms with Crippen molar-refractivity contribution in [1.29, 1.82) is 0 Å². The van der Waals surface area contributed by atoms with E-state index in [4.69, 9.17) is 4.74 Å². The minimum atomic E-state index is -4.40. The Morgan fingerprint density at radius 2 is 2.05 bits per heavy atom. The Hall–Kier alpha value is -1.76. The van der Waals surface area contributed by atoms with Crippen LogP contribution < -0.4 is 10.6 Å². The second-order valence-corrected chi connectivity index (χ2v) is 4.58. The first-order chi connectivity index (χ1) is 9.84. The zero-order valence-corrected chi connectivity index (χ0v) is 12.0. The second kappa shape index (κ2) is 7.87. The number of nitrogens with one attached hydrogen (secondary N) is 2. The number of rotatable bonds is 7. The number of hydrogen-bond acceptors (Lipinski definition) is 3. The zero-order valence-electron chi connectivity index (χ0n) is 12.0. The van der Waals surface area contributed by atoms with Crippen molar-refractivity contribution in [2.45, 2.75) is 19.5 Å². The number of carbonyl (C=O) groups excluding carboxylic acids is 1. The summed E-state index contributed by atoms with van der Waals surface area (Å²) >= 11 is 0. The average Bonchev–Trinajstić information content (AvgIpc) is 2.41. The third-order valence-corrected chi connectivity index (χ3v) is 2.84. The molecule has 0 saturated heterocycles. The van der Waals surface area contributed by atoms with Gasteiger partial charge in [-0.2, -0.15) is 13.2 Å². The summed E-state index contributed by atoms with van der Waals surface area (Å²) in [5, 5.41) is 5.32. The first-order valence-corrected chi connectivity index (χ1v) is 6.52. The Labute approximate surface area is 121 Å². The van der Waals surface area contributed by atoms with Crippen LogP contribution >= 0.6 is 0 Å². The number of benzene rings is 1. The molecular formula is C14H19F3N2O2. The molecule has 0 spiro atoms. The number of halogens is 3. The highest BCUT2D eigenvalue weighted by molar-refractivity contribution is 5.80. The zero-order chi connectivity index (χ0) is 15.9. The fraction of sp³-hybridized carbons (Fsp3) is 0.500. The van der Waals surface area contributed by atoms with E-state index in [1.807, 2.05) is 0 Å². The van der Waals surface area contributed by atoms with Crippen molar-refractivity contribution in [3.63, 3.8) is 0 Å². The van der Waals surface area contributed by atoms with Crippen molar-refractivity contribution in [2.75, 3.05) is 32.1 Å². The molecule has 0 aliphatic rings. The summed E-state index contributed by atoms with van der Waals surface area (Å²) in [5.74, 6) is -0.278. The van der Waals surface area contributed by atoms with Crippen LogP contribution in [0.4, 0.5) is 18.9 Å².